The SMILES string of the molecule is CSS[C@H]1C#CC=CCN1. The van der Waals surface area contributed by atoms with Gasteiger partial charge >= 0.3 is 0 Å². The number of allylic oxidation sites excluding steroid dienone is 1. The third-order valence-corrected chi connectivity index (χ3v) is 2.85. The zero-order valence-corrected chi connectivity index (χ0v) is 7.39. The van der Waals surface area contributed by atoms with Crippen molar-refractivity contribution in [3.8, 4) is 11.8 Å². The largest absolute Gasteiger partial charge is 0.291 e. The number of nitrogens with one attached hydrogen (secondary N) is 1. The molecule has 0 fully saturated rings. The molecule has 1 aliphatic heterocycles. The van der Waals surface area contributed by atoms with Crippen LogP contribution in [0, 0.1) is 11.8 Å². The minimum absolute atomic E-state index is 0.296. The number of hydrogen-bond acceptors (Lipinski definition) is 3. The van der Waals surface area contributed by atoms with Crippen molar-refractivity contribution in [2.45, 2.75) is 5.37 Å². The highest BCUT2D eigenvalue weighted by atomic mass is 33.1. The fraction of sp³-hybridized carbons (Fsp3) is 0.429. The molecule has 1 aliphatic rings. The van der Waals surface area contributed by atoms with Gasteiger partial charge in [0.1, 0.15) is 5.37 Å². The van der Waals surface area contributed by atoms with E-state index in [9.17, 15) is 0 Å². The summed E-state index contributed by atoms with van der Waals surface area (Å²) in [6.07, 6.45) is 5.99. The molecule has 1 rings (SSSR count). The van der Waals surface area contributed by atoms with E-state index < -0.39 is 0 Å². The minimum atomic E-state index is 0.296. The molecule has 0 saturated carbocycles. The standard InChI is InChI=1S/C7H9NS2/c1-9-10-7-5-3-2-4-6-8-7/h2,4,7-8H,6H2,1H3/t7-/m0/s1. The Labute approximate surface area is 69.4 Å². The summed E-state index contributed by atoms with van der Waals surface area (Å²) >= 11 is 0. The zero-order valence-electron chi connectivity index (χ0n) is 5.76. The first-order valence-corrected chi connectivity index (χ1v) is 5.64. The van der Waals surface area contributed by atoms with Gasteiger partial charge in [0.15, 0.2) is 0 Å². The van der Waals surface area contributed by atoms with Crippen LogP contribution in [0.1, 0.15) is 0 Å². The fourth-order valence-corrected chi connectivity index (χ4v) is 2.02. The Hall–Kier alpha value is -0.0400. The van der Waals surface area contributed by atoms with Crippen LogP contribution in [-0.2, 0) is 0 Å². The van der Waals surface area contributed by atoms with Gasteiger partial charge in [0, 0.05) is 6.54 Å². The highest BCUT2D eigenvalue weighted by Gasteiger charge is 2.02. The van der Waals surface area contributed by atoms with E-state index in [1.807, 2.05) is 12.2 Å². The van der Waals surface area contributed by atoms with Gasteiger partial charge in [-0.05, 0) is 12.3 Å². The smallest absolute Gasteiger partial charge is 0.126 e. The Morgan fingerprint density at radius 1 is 1.70 bits per heavy atom. The van der Waals surface area contributed by atoms with Crippen LogP contribution in [0.4, 0.5) is 0 Å². The van der Waals surface area contributed by atoms with Crippen LogP contribution in [0.5, 0.6) is 0 Å². The maximum Gasteiger partial charge on any atom is 0.126 e. The summed E-state index contributed by atoms with van der Waals surface area (Å²) < 4.78 is 0. The van der Waals surface area contributed by atoms with Gasteiger partial charge in [0.25, 0.3) is 0 Å². The predicted octanol–water partition coefficient (Wildman–Crippen LogP) is 1.49. The van der Waals surface area contributed by atoms with E-state index in [2.05, 4.69) is 23.4 Å². The maximum atomic E-state index is 3.26. The van der Waals surface area contributed by atoms with Gasteiger partial charge in [0.2, 0.25) is 0 Å². The molecule has 1 N–H and O–H groups in total. The van der Waals surface area contributed by atoms with E-state index in [1.165, 1.54) is 0 Å². The van der Waals surface area contributed by atoms with E-state index in [1.54, 1.807) is 21.6 Å². The van der Waals surface area contributed by atoms with Gasteiger partial charge in [-0.2, -0.15) is 0 Å². The summed E-state index contributed by atoms with van der Waals surface area (Å²) in [6.45, 7) is 0.915. The Balaban J connectivity index is 2.39. The zero-order chi connectivity index (χ0) is 7.23. The molecule has 0 aromatic heterocycles. The van der Waals surface area contributed by atoms with Gasteiger partial charge in [-0.1, -0.05) is 39.5 Å². The van der Waals surface area contributed by atoms with Crippen LogP contribution in [0.2, 0.25) is 0 Å². The molecule has 1 atom stereocenters. The Morgan fingerprint density at radius 3 is 3.40 bits per heavy atom. The third-order valence-electron chi connectivity index (χ3n) is 1.03. The van der Waals surface area contributed by atoms with Crippen LogP contribution in [0.25, 0.3) is 0 Å². The average molecular weight is 171 g/mol. The normalized spacial score (nSPS) is 23.1. The quantitative estimate of drug-likeness (QED) is 0.499. The third kappa shape index (κ3) is 2.70. The Bertz CT molecular complexity index is 178. The van der Waals surface area contributed by atoms with Gasteiger partial charge in [-0.25, -0.2) is 0 Å². The summed E-state index contributed by atoms with van der Waals surface area (Å²) in [5.74, 6) is 6.03. The minimum Gasteiger partial charge on any atom is -0.291 e. The van der Waals surface area contributed by atoms with Gasteiger partial charge in [-0.3, -0.25) is 5.32 Å². The van der Waals surface area contributed by atoms with E-state index in [0.717, 1.165) is 6.54 Å². The second-order valence-electron chi connectivity index (χ2n) is 1.74. The predicted molar refractivity (Wildman–Crippen MR) is 49.8 cm³/mol. The molecule has 0 unspecified atom stereocenters. The van der Waals surface area contributed by atoms with Crippen molar-refractivity contribution in [2.24, 2.45) is 0 Å². The molecule has 54 valence electrons. The average Bonchev–Trinajstić information content (AvgIpc) is 2.17. The van der Waals surface area contributed by atoms with E-state index in [0.29, 0.717) is 5.37 Å². The molecular weight excluding hydrogens is 162 g/mol. The lowest BCUT2D eigenvalue weighted by Gasteiger charge is -2.06. The van der Waals surface area contributed by atoms with Crippen LogP contribution in [-0.4, -0.2) is 18.2 Å². The Morgan fingerprint density at radius 2 is 2.60 bits per heavy atom. The molecule has 0 aliphatic carbocycles. The van der Waals surface area contributed by atoms with Crippen molar-refractivity contribution >= 4 is 21.6 Å². The van der Waals surface area contributed by atoms with E-state index in [4.69, 9.17) is 0 Å². The number of hydrogen-bond donors (Lipinski definition) is 1. The molecular formula is C7H9NS2. The lowest BCUT2D eigenvalue weighted by molar-refractivity contribution is 0.822. The molecule has 0 spiro atoms. The number of rotatable bonds is 2. The van der Waals surface area contributed by atoms with Gasteiger partial charge in [0.05, 0.1) is 0 Å². The molecule has 10 heavy (non-hydrogen) atoms. The second-order valence-corrected chi connectivity index (χ2v) is 4.32. The molecule has 0 saturated heterocycles. The highest BCUT2D eigenvalue weighted by Crippen LogP contribution is 2.21. The van der Waals surface area contributed by atoms with Crippen molar-refractivity contribution in [1.29, 1.82) is 0 Å². The summed E-state index contributed by atoms with van der Waals surface area (Å²) in [6, 6.07) is 0. The summed E-state index contributed by atoms with van der Waals surface area (Å²) in [5.41, 5.74) is 0. The first kappa shape index (κ1) is 8.06. The van der Waals surface area contributed by atoms with Crippen molar-refractivity contribution in [3.63, 3.8) is 0 Å². The summed E-state index contributed by atoms with van der Waals surface area (Å²) in [7, 11) is 3.50. The van der Waals surface area contributed by atoms with Gasteiger partial charge < -0.3 is 0 Å². The molecule has 0 amide bonds. The molecule has 0 aromatic carbocycles. The first-order valence-electron chi connectivity index (χ1n) is 3.02. The first-order chi connectivity index (χ1) is 4.93. The molecule has 1 heterocycles. The Kier molecular flexibility index (Phi) is 3.81. The van der Waals surface area contributed by atoms with Crippen LogP contribution in [0.3, 0.4) is 0 Å². The van der Waals surface area contributed by atoms with Crippen LogP contribution < -0.4 is 5.32 Å². The van der Waals surface area contributed by atoms with Crippen molar-refractivity contribution in [1.82, 2.24) is 5.32 Å². The monoisotopic (exact) mass is 171 g/mol. The fourth-order valence-electron chi connectivity index (χ4n) is 0.622. The van der Waals surface area contributed by atoms with Crippen molar-refractivity contribution < 1.29 is 0 Å². The summed E-state index contributed by atoms with van der Waals surface area (Å²) in [5, 5.41) is 3.56. The van der Waals surface area contributed by atoms with E-state index in [-0.39, 0.29) is 0 Å². The maximum absolute atomic E-state index is 3.26. The molecule has 3 heteroatoms. The van der Waals surface area contributed by atoms with Gasteiger partial charge in [-0.15, -0.1) is 0 Å². The van der Waals surface area contributed by atoms with Crippen LogP contribution in [0.15, 0.2) is 12.2 Å². The second kappa shape index (κ2) is 4.73. The van der Waals surface area contributed by atoms with Crippen molar-refractivity contribution in [2.75, 3.05) is 12.8 Å². The van der Waals surface area contributed by atoms with E-state index >= 15 is 0 Å². The molecule has 1 nitrogen and oxygen atoms in total. The molecule has 0 aromatic rings. The molecule has 0 radical (unpaired) electrons. The van der Waals surface area contributed by atoms with Crippen molar-refractivity contribution in [3.05, 3.63) is 12.2 Å². The summed E-state index contributed by atoms with van der Waals surface area (Å²) in [4.78, 5) is 0. The molecule has 0 bridgehead atoms. The van der Waals surface area contributed by atoms with Crippen LogP contribution >= 0.6 is 21.6 Å². The highest BCUT2D eigenvalue weighted by molar-refractivity contribution is 8.76. The lowest BCUT2D eigenvalue weighted by atomic mass is 10.5. The lowest BCUT2D eigenvalue weighted by Crippen LogP contribution is -2.22. The topological polar surface area (TPSA) is 12.0 Å².